The van der Waals surface area contributed by atoms with E-state index in [9.17, 15) is 0 Å². The molecule has 1 aliphatic heterocycles. The first-order valence-electron chi connectivity index (χ1n) is 5.44. The highest BCUT2D eigenvalue weighted by Gasteiger charge is 2.25. The minimum Gasteiger partial charge on any atom is -0.384 e. The van der Waals surface area contributed by atoms with Gasteiger partial charge in [-0.1, -0.05) is 31.5 Å². The maximum Gasteiger partial charge on any atom is 0.0406 e. The standard InChI is InChI=1S/C13H19N/c1-8(2)12-7-14-13-10(4)5-9(3)6-11(12)13/h5-6,8,12,14H,7H2,1-4H3. The molecule has 14 heavy (non-hydrogen) atoms. The second-order valence-electron chi connectivity index (χ2n) is 4.78. The molecule has 1 atom stereocenters. The molecule has 1 heterocycles. The number of benzene rings is 1. The molecule has 0 bridgehead atoms. The quantitative estimate of drug-likeness (QED) is 0.713. The predicted octanol–water partition coefficient (Wildman–Crippen LogP) is 3.47. The van der Waals surface area contributed by atoms with Gasteiger partial charge in [-0.2, -0.15) is 0 Å². The molecule has 0 amide bonds. The number of aryl methyl sites for hydroxylation is 2. The van der Waals surface area contributed by atoms with E-state index in [0.717, 1.165) is 12.5 Å². The van der Waals surface area contributed by atoms with Crippen LogP contribution in [0.25, 0.3) is 0 Å². The van der Waals surface area contributed by atoms with E-state index < -0.39 is 0 Å². The number of anilines is 1. The molecule has 1 heteroatoms. The lowest BCUT2D eigenvalue weighted by atomic mass is 9.88. The molecular formula is C13H19N. The fourth-order valence-electron chi connectivity index (χ4n) is 2.45. The summed E-state index contributed by atoms with van der Waals surface area (Å²) in [6, 6.07) is 4.60. The summed E-state index contributed by atoms with van der Waals surface area (Å²) in [6.07, 6.45) is 0. The molecule has 0 aromatic heterocycles. The molecule has 0 radical (unpaired) electrons. The van der Waals surface area contributed by atoms with Gasteiger partial charge in [0.15, 0.2) is 0 Å². The van der Waals surface area contributed by atoms with Gasteiger partial charge in [-0.15, -0.1) is 0 Å². The maximum absolute atomic E-state index is 3.53. The van der Waals surface area contributed by atoms with Gasteiger partial charge in [0.2, 0.25) is 0 Å². The Bertz CT molecular complexity index is 352. The van der Waals surface area contributed by atoms with Crippen LogP contribution < -0.4 is 5.32 Å². The molecule has 76 valence electrons. The lowest BCUT2D eigenvalue weighted by molar-refractivity contribution is 0.533. The van der Waals surface area contributed by atoms with Crippen molar-refractivity contribution in [2.24, 2.45) is 5.92 Å². The summed E-state index contributed by atoms with van der Waals surface area (Å²) in [7, 11) is 0. The summed E-state index contributed by atoms with van der Waals surface area (Å²) < 4.78 is 0. The lowest BCUT2D eigenvalue weighted by Gasteiger charge is -2.15. The van der Waals surface area contributed by atoms with Gasteiger partial charge in [-0.05, 0) is 30.9 Å². The number of hydrogen-bond donors (Lipinski definition) is 1. The van der Waals surface area contributed by atoms with Crippen LogP contribution in [0.1, 0.15) is 36.5 Å². The van der Waals surface area contributed by atoms with E-state index in [1.807, 2.05) is 0 Å². The first-order valence-corrected chi connectivity index (χ1v) is 5.44. The number of hydrogen-bond acceptors (Lipinski definition) is 1. The first kappa shape index (κ1) is 9.57. The zero-order valence-electron chi connectivity index (χ0n) is 9.52. The topological polar surface area (TPSA) is 12.0 Å². The Morgan fingerprint density at radius 1 is 1.29 bits per heavy atom. The first-order chi connectivity index (χ1) is 6.59. The molecule has 0 saturated carbocycles. The highest BCUT2D eigenvalue weighted by molar-refractivity contribution is 5.64. The van der Waals surface area contributed by atoms with Crippen molar-refractivity contribution in [3.63, 3.8) is 0 Å². The average Bonchev–Trinajstić information content (AvgIpc) is 2.47. The molecular weight excluding hydrogens is 170 g/mol. The third-order valence-corrected chi connectivity index (χ3v) is 3.21. The largest absolute Gasteiger partial charge is 0.384 e. The van der Waals surface area contributed by atoms with Gasteiger partial charge < -0.3 is 5.32 Å². The van der Waals surface area contributed by atoms with E-state index in [2.05, 4.69) is 45.1 Å². The fraction of sp³-hybridized carbons (Fsp3) is 0.538. The van der Waals surface area contributed by atoms with Gasteiger partial charge >= 0.3 is 0 Å². The molecule has 1 N–H and O–H groups in total. The van der Waals surface area contributed by atoms with Crippen LogP contribution >= 0.6 is 0 Å². The molecule has 0 fully saturated rings. The molecule has 0 aliphatic carbocycles. The van der Waals surface area contributed by atoms with Crippen LogP contribution in [-0.2, 0) is 0 Å². The minimum absolute atomic E-state index is 0.698. The molecule has 1 aromatic carbocycles. The van der Waals surface area contributed by atoms with E-state index >= 15 is 0 Å². The normalized spacial score (nSPS) is 19.6. The van der Waals surface area contributed by atoms with Crippen molar-refractivity contribution in [1.29, 1.82) is 0 Å². The summed E-state index contributed by atoms with van der Waals surface area (Å²) in [5.41, 5.74) is 5.69. The lowest BCUT2D eigenvalue weighted by Crippen LogP contribution is -2.08. The Hall–Kier alpha value is -0.980. The van der Waals surface area contributed by atoms with Crippen molar-refractivity contribution in [3.8, 4) is 0 Å². The molecule has 1 nitrogen and oxygen atoms in total. The SMILES string of the molecule is Cc1cc(C)c2c(c1)C(C(C)C)CN2. The van der Waals surface area contributed by atoms with Gasteiger partial charge in [0.25, 0.3) is 0 Å². The van der Waals surface area contributed by atoms with Crippen molar-refractivity contribution in [2.75, 3.05) is 11.9 Å². The number of fused-ring (bicyclic) bond motifs is 1. The van der Waals surface area contributed by atoms with Crippen LogP contribution in [0, 0.1) is 19.8 Å². The molecule has 0 spiro atoms. The van der Waals surface area contributed by atoms with Crippen LogP contribution in [0.3, 0.4) is 0 Å². The Kier molecular flexibility index (Phi) is 2.26. The van der Waals surface area contributed by atoms with Crippen LogP contribution in [0.4, 0.5) is 5.69 Å². The van der Waals surface area contributed by atoms with Gasteiger partial charge in [-0.25, -0.2) is 0 Å². The molecule has 0 saturated heterocycles. The Morgan fingerprint density at radius 2 is 2.00 bits per heavy atom. The van der Waals surface area contributed by atoms with E-state index in [0.29, 0.717) is 5.92 Å². The van der Waals surface area contributed by atoms with E-state index in [1.54, 1.807) is 0 Å². The minimum atomic E-state index is 0.698. The summed E-state index contributed by atoms with van der Waals surface area (Å²) in [5, 5.41) is 3.53. The van der Waals surface area contributed by atoms with Crippen molar-refractivity contribution in [1.82, 2.24) is 0 Å². The van der Waals surface area contributed by atoms with E-state index in [4.69, 9.17) is 0 Å². The summed E-state index contributed by atoms with van der Waals surface area (Å²) in [4.78, 5) is 0. The average molecular weight is 189 g/mol. The van der Waals surface area contributed by atoms with Crippen molar-refractivity contribution >= 4 is 5.69 Å². The van der Waals surface area contributed by atoms with Crippen LogP contribution in [-0.4, -0.2) is 6.54 Å². The number of rotatable bonds is 1. The monoisotopic (exact) mass is 189 g/mol. The van der Waals surface area contributed by atoms with Gasteiger partial charge in [0.05, 0.1) is 0 Å². The fourth-order valence-corrected chi connectivity index (χ4v) is 2.45. The van der Waals surface area contributed by atoms with Crippen molar-refractivity contribution in [2.45, 2.75) is 33.6 Å². The molecule has 1 unspecified atom stereocenters. The van der Waals surface area contributed by atoms with Crippen LogP contribution in [0.2, 0.25) is 0 Å². The third kappa shape index (κ3) is 1.41. The van der Waals surface area contributed by atoms with E-state index in [-0.39, 0.29) is 0 Å². The number of nitrogens with one attached hydrogen (secondary N) is 1. The Morgan fingerprint density at radius 3 is 2.64 bits per heavy atom. The Labute approximate surface area is 86.5 Å². The Balaban J connectivity index is 2.49. The highest BCUT2D eigenvalue weighted by Crippen LogP contribution is 2.38. The second-order valence-corrected chi connectivity index (χ2v) is 4.78. The molecule has 1 aromatic rings. The summed E-state index contributed by atoms with van der Waals surface area (Å²) in [5.74, 6) is 1.42. The van der Waals surface area contributed by atoms with Gasteiger partial charge in [-0.3, -0.25) is 0 Å². The zero-order chi connectivity index (χ0) is 10.3. The van der Waals surface area contributed by atoms with Crippen LogP contribution in [0.5, 0.6) is 0 Å². The summed E-state index contributed by atoms with van der Waals surface area (Å²) >= 11 is 0. The highest BCUT2D eigenvalue weighted by atomic mass is 14.9. The molecule has 2 rings (SSSR count). The van der Waals surface area contributed by atoms with Gasteiger partial charge in [0.1, 0.15) is 0 Å². The van der Waals surface area contributed by atoms with Crippen LogP contribution in [0.15, 0.2) is 12.1 Å². The molecule has 1 aliphatic rings. The van der Waals surface area contributed by atoms with Crippen molar-refractivity contribution < 1.29 is 0 Å². The predicted molar refractivity (Wildman–Crippen MR) is 62.0 cm³/mol. The second kappa shape index (κ2) is 3.30. The smallest absolute Gasteiger partial charge is 0.0406 e. The van der Waals surface area contributed by atoms with Gasteiger partial charge in [0, 0.05) is 18.2 Å². The van der Waals surface area contributed by atoms with E-state index in [1.165, 1.54) is 22.4 Å². The van der Waals surface area contributed by atoms with Crippen molar-refractivity contribution in [3.05, 3.63) is 28.8 Å². The maximum atomic E-state index is 3.53. The third-order valence-electron chi connectivity index (χ3n) is 3.21. The summed E-state index contributed by atoms with van der Waals surface area (Å²) in [6.45, 7) is 10.1. The zero-order valence-corrected chi connectivity index (χ0v) is 9.52.